The Kier molecular flexibility index (Phi) is 4.83. The minimum atomic E-state index is -0.0517. The van der Waals surface area contributed by atoms with E-state index in [1.165, 1.54) is 13.1 Å². The van der Waals surface area contributed by atoms with E-state index < -0.39 is 0 Å². The Balaban J connectivity index is 1.65. The van der Waals surface area contributed by atoms with Crippen LogP contribution in [0.1, 0.15) is 34.2 Å². The molecule has 0 aliphatic carbocycles. The summed E-state index contributed by atoms with van der Waals surface area (Å²) in [7, 11) is 1.91. The van der Waals surface area contributed by atoms with E-state index in [0.717, 1.165) is 33.4 Å². The van der Waals surface area contributed by atoms with Crippen molar-refractivity contribution >= 4 is 28.8 Å². The van der Waals surface area contributed by atoms with Gasteiger partial charge in [-0.3, -0.25) is 14.6 Å². The monoisotopic (exact) mass is 415 g/mol. The summed E-state index contributed by atoms with van der Waals surface area (Å²) in [4.78, 5) is 16.2. The molecule has 1 aromatic carbocycles. The summed E-state index contributed by atoms with van der Waals surface area (Å²) < 4.78 is 13.5. The first-order valence-corrected chi connectivity index (χ1v) is 9.99. The van der Waals surface area contributed by atoms with Crippen LogP contribution in [0.15, 0.2) is 36.7 Å². The number of aromatic nitrogens is 5. The molecule has 0 saturated heterocycles. The molecule has 1 aliphatic rings. The van der Waals surface area contributed by atoms with Crippen molar-refractivity contribution in [2.75, 3.05) is 13.2 Å². The first-order chi connectivity index (χ1) is 15.1. The van der Waals surface area contributed by atoms with Gasteiger partial charge in [0.1, 0.15) is 6.61 Å². The zero-order valence-corrected chi connectivity index (χ0v) is 17.3. The van der Waals surface area contributed by atoms with Crippen LogP contribution in [0.3, 0.4) is 0 Å². The van der Waals surface area contributed by atoms with Crippen molar-refractivity contribution in [2.45, 2.75) is 13.5 Å². The Morgan fingerprint density at radius 3 is 2.94 bits per heavy atom. The van der Waals surface area contributed by atoms with Crippen molar-refractivity contribution < 1.29 is 14.3 Å². The molecule has 4 aromatic rings. The van der Waals surface area contributed by atoms with E-state index in [9.17, 15) is 4.79 Å². The first-order valence-electron chi connectivity index (χ1n) is 9.99. The number of hydrogen-bond donors (Lipinski definition) is 1. The lowest BCUT2D eigenvalue weighted by atomic mass is 10.0. The lowest BCUT2D eigenvalue weighted by Gasteiger charge is -2.10. The summed E-state index contributed by atoms with van der Waals surface area (Å²) in [6.45, 7) is 2.66. The number of rotatable bonds is 1. The number of ketones is 1. The maximum atomic E-state index is 11.8. The number of aryl methyl sites for hydroxylation is 1. The lowest BCUT2D eigenvalue weighted by Crippen LogP contribution is -2.10. The van der Waals surface area contributed by atoms with Crippen LogP contribution >= 0.6 is 0 Å². The van der Waals surface area contributed by atoms with Crippen LogP contribution in [0.5, 0.6) is 5.88 Å². The van der Waals surface area contributed by atoms with Crippen LogP contribution in [0.4, 0.5) is 0 Å². The summed E-state index contributed by atoms with van der Waals surface area (Å²) in [5, 5.41) is 12.9. The molecule has 0 amide bonds. The number of nitrogens with zero attached hydrogens (tertiary/aromatic N) is 4. The van der Waals surface area contributed by atoms with Crippen molar-refractivity contribution in [3.05, 3.63) is 59.2 Å². The molecule has 0 radical (unpaired) electrons. The van der Waals surface area contributed by atoms with E-state index in [1.54, 1.807) is 6.07 Å². The van der Waals surface area contributed by atoms with Gasteiger partial charge in [0.15, 0.2) is 5.78 Å². The SMILES string of the molecule is CC(=O)c1cnc2c(c1)/C=C/c1n[nH]c3ccc(cc13)-c1cnn(C)c1COCCO2. The first kappa shape index (κ1) is 19.2. The van der Waals surface area contributed by atoms with E-state index in [0.29, 0.717) is 36.8 Å². The van der Waals surface area contributed by atoms with Gasteiger partial charge in [-0.2, -0.15) is 10.2 Å². The number of nitrogens with one attached hydrogen (secondary N) is 1. The molecule has 0 saturated carbocycles. The predicted octanol–water partition coefficient (Wildman–Crippen LogP) is 3.64. The third-order valence-electron chi connectivity index (χ3n) is 5.38. The molecular weight excluding hydrogens is 394 g/mol. The van der Waals surface area contributed by atoms with Crippen molar-refractivity contribution in [1.82, 2.24) is 25.0 Å². The molecule has 31 heavy (non-hydrogen) atoms. The zero-order valence-electron chi connectivity index (χ0n) is 17.3. The number of ether oxygens (including phenoxy) is 2. The minimum absolute atomic E-state index is 0.0517. The molecule has 0 spiro atoms. The fourth-order valence-corrected chi connectivity index (χ4v) is 3.64. The quantitative estimate of drug-likeness (QED) is 0.477. The number of carbonyl (C=O) groups is 1. The average Bonchev–Trinajstić information content (AvgIpc) is 3.34. The molecule has 2 bridgehead atoms. The van der Waals surface area contributed by atoms with Gasteiger partial charge in [0, 0.05) is 35.3 Å². The van der Waals surface area contributed by atoms with Crippen LogP contribution in [0.2, 0.25) is 0 Å². The van der Waals surface area contributed by atoms with Crippen LogP contribution < -0.4 is 4.74 Å². The zero-order chi connectivity index (χ0) is 21.4. The average molecular weight is 415 g/mol. The van der Waals surface area contributed by atoms with Gasteiger partial charge >= 0.3 is 0 Å². The highest BCUT2D eigenvalue weighted by molar-refractivity contribution is 5.96. The molecule has 3 aromatic heterocycles. The summed E-state index contributed by atoms with van der Waals surface area (Å²) in [6, 6.07) is 7.94. The van der Waals surface area contributed by atoms with Crippen molar-refractivity contribution in [3.8, 4) is 17.0 Å². The molecule has 0 fully saturated rings. The normalized spacial score (nSPS) is 14.9. The third kappa shape index (κ3) is 3.62. The number of fused-ring (bicyclic) bond motifs is 4. The van der Waals surface area contributed by atoms with Crippen molar-refractivity contribution in [2.24, 2.45) is 7.05 Å². The van der Waals surface area contributed by atoms with Crippen LogP contribution in [0, 0.1) is 0 Å². The molecule has 1 aliphatic heterocycles. The molecule has 0 atom stereocenters. The van der Waals surface area contributed by atoms with Gasteiger partial charge in [-0.1, -0.05) is 6.07 Å². The van der Waals surface area contributed by atoms with Crippen molar-refractivity contribution in [3.63, 3.8) is 0 Å². The molecule has 5 rings (SSSR count). The van der Waals surface area contributed by atoms with Gasteiger partial charge in [-0.25, -0.2) is 4.98 Å². The standard InChI is InChI=1S/C23H21N5O3/c1-14(29)17-9-16-4-6-21-18-10-15(3-5-20(18)26-27-21)19-12-25-28(2)22(19)13-30-7-8-31-23(16)24-11-17/h3-6,9-12H,7-8,13H2,1-2H3,(H,26,27)/b6-4+. The van der Waals surface area contributed by atoms with Crippen LogP contribution in [-0.4, -0.2) is 44.0 Å². The summed E-state index contributed by atoms with van der Waals surface area (Å²) in [5.74, 6) is 0.394. The van der Waals surface area contributed by atoms with Gasteiger partial charge in [0.25, 0.3) is 0 Å². The highest BCUT2D eigenvalue weighted by Crippen LogP contribution is 2.29. The Hall–Kier alpha value is -3.78. The molecule has 156 valence electrons. The molecule has 0 unspecified atom stereocenters. The second-order valence-electron chi connectivity index (χ2n) is 7.41. The largest absolute Gasteiger partial charge is 0.475 e. The Morgan fingerprint density at radius 1 is 1.16 bits per heavy atom. The van der Waals surface area contributed by atoms with Gasteiger partial charge < -0.3 is 9.47 Å². The smallest absolute Gasteiger partial charge is 0.220 e. The number of aromatic amines is 1. The summed E-state index contributed by atoms with van der Waals surface area (Å²) in [6.07, 6.45) is 7.15. The summed E-state index contributed by atoms with van der Waals surface area (Å²) in [5.41, 5.74) is 6.00. The number of H-pyrrole nitrogens is 1. The maximum absolute atomic E-state index is 11.8. The lowest BCUT2D eigenvalue weighted by molar-refractivity contribution is 0.0838. The Bertz CT molecular complexity index is 1320. The fourth-order valence-electron chi connectivity index (χ4n) is 3.64. The van der Waals surface area contributed by atoms with E-state index in [4.69, 9.17) is 9.47 Å². The van der Waals surface area contributed by atoms with Crippen molar-refractivity contribution in [1.29, 1.82) is 0 Å². The van der Waals surface area contributed by atoms with Crippen LogP contribution in [0.25, 0.3) is 34.2 Å². The van der Waals surface area contributed by atoms with E-state index >= 15 is 0 Å². The van der Waals surface area contributed by atoms with E-state index in [-0.39, 0.29) is 5.78 Å². The van der Waals surface area contributed by atoms with Gasteiger partial charge in [0.2, 0.25) is 5.88 Å². The Labute approximate surface area is 178 Å². The second kappa shape index (κ2) is 7.81. The van der Waals surface area contributed by atoms with E-state index in [1.807, 2.05) is 42.2 Å². The maximum Gasteiger partial charge on any atom is 0.220 e. The highest BCUT2D eigenvalue weighted by atomic mass is 16.5. The topological polar surface area (TPSA) is 94.9 Å². The predicted molar refractivity (Wildman–Crippen MR) is 117 cm³/mol. The van der Waals surface area contributed by atoms with Gasteiger partial charge in [0.05, 0.1) is 36.3 Å². The molecule has 8 nitrogen and oxygen atoms in total. The van der Waals surface area contributed by atoms with Gasteiger partial charge in [-0.15, -0.1) is 0 Å². The van der Waals surface area contributed by atoms with E-state index in [2.05, 4.69) is 26.3 Å². The summed E-state index contributed by atoms with van der Waals surface area (Å²) >= 11 is 0. The fraction of sp³-hybridized carbons (Fsp3) is 0.217. The highest BCUT2D eigenvalue weighted by Gasteiger charge is 2.14. The number of pyridine rings is 1. The molecule has 4 heterocycles. The number of hydrogen-bond acceptors (Lipinski definition) is 6. The Morgan fingerprint density at radius 2 is 2.06 bits per heavy atom. The minimum Gasteiger partial charge on any atom is -0.475 e. The number of Topliss-reactive ketones (excluding diaryl/α,β-unsaturated/α-hetero) is 1. The van der Waals surface area contributed by atoms with Crippen LogP contribution in [-0.2, 0) is 18.4 Å². The molecule has 1 N–H and O–H groups in total. The molecule has 8 heteroatoms. The number of carbonyl (C=O) groups excluding carboxylic acids is 1. The number of benzene rings is 1. The molecular formula is C23H21N5O3. The third-order valence-corrected chi connectivity index (χ3v) is 5.38. The second-order valence-corrected chi connectivity index (χ2v) is 7.41. The van der Waals surface area contributed by atoms with Gasteiger partial charge in [-0.05, 0) is 42.8 Å².